The highest BCUT2D eigenvalue weighted by molar-refractivity contribution is 7.95. The summed E-state index contributed by atoms with van der Waals surface area (Å²) >= 11 is 0. The topological polar surface area (TPSA) is 9.23 Å². The molecule has 0 N–H and O–H groups in total. The molecule has 3 aromatic carbocycles. The van der Waals surface area contributed by atoms with Gasteiger partial charge in [-0.2, -0.15) is 0 Å². The van der Waals surface area contributed by atoms with Crippen molar-refractivity contribution < 1.29 is 4.43 Å². The zero-order chi connectivity index (χ0) is 23.8. The summed E-state index contributed by atoms with van der Waals surface area (Å²) in [6.45, 7) is 12.6. The molecule has 0 radical (unpaired) electrons. The van der Waals surface area contributed by atoms with E-state index in [1.807, 2.05) is 0 Å². The molecule has 0 aliphatic heterocycles. The van der Waals surface area contributed by atoms with Crippen LogP contribution in [0.5, 0.6) is 0 Å². The Morgan fingerprint density at radius 2 is 1.00 bits per heavy atom. The minimum atomic E-state index is -1.68. The van der Waals surface area contributed by atoms with Crippen LogP contribution in [0.2, 0.25) is 18.1 Å². The zero-order valence-corrected chi connectivity index (χ0v) is 23.2. The second kappa shape index (κ2) is 11.6. The minimum absolute atomic E-state index is 0.290. The smallest absolute Gasteiger partial charge is 0.191 e. The zero-order valence-electron chi connectivity index (χ0n) is 21.3. The van der Waals surface area contributed by atoms with E-state index in [1.54, 1.807) is 0 Å². The molecular weight excluding hydrogens is 435 g/mol. The van der Waals surface area contributed by atoms with Crippen molar-refractivity contribution in [2.75, 3.05) is 12.8 Å². The number of hydrogen-bond acceptors (Lipinski definition) is 1. The fourth-order valence-electron chi connectivity index (χ4n) is 4.23. The van der Waals surface area contributed by atoms with Gasteiger partial charge in [-0.15, -0.1) is 0 Å². The quantitative estimate of drug-likeness (QED) is 0.157. The van der Waals surface area contributed by atoms with Gasteiger partial charge in [0.15, 0.2) is 8.32 Å². The van der Waals surface area contributed by atoms with E-state index in [4.69, 9.17) is 4.43 Å². The second-order valence-corrected chi connectivity index (χ2v) is 19.0. The highest BCUT2D eigenvalue weighted by Gasteiger charge is 2.44. The van der Waals surface area contributed by atoms with Gasteiger partial charge in [-0.25, -0.2) is 0 Å². The van der Waals surface area contributed by atoms with E-state index in [2.05, 4.69) is 125 Å². The van der Waals surface area contributed by atoms with Crippen LogP contribution in [0.4, 0.5) is 0 Å². The monoisotopic (exact) mass is 477 g/mol. The van der Waals surface area contributed by atoms with Gasteiger partial charge < -0.3 is 4.43 Å². The molecule has 3 rings (SSSR count). The van der Waals surface area contributed by atoms with Crippen LogP contribution >= 0.6 is 7.26 Å². The van der Waals surface area contributed by atoms with Crippen molar-refractivity contribution in [2.45, 2.75) is 64.6 Å². The summed E-state index contributed by atoms with van der Waals surface area (Å²) in [7, 11) is -3.31. The largest absolute Gasteiger partial charge is 0.417 e. The first-order valence-corrected chi connectivity index (χ1v) is 17.3. The molecule has 0 heterocycles. The van der Waals surface area contributed by atoms with Gasteiger partial charge in [-0.3, -0.25) is 0 Å². The third kappa shape index (κ3) is 6.44. The fourth-order valence-corrected chi connectivity index (χ4v) is 9.73. The van der Waals surface area contributed by atoms with Crippen molar-refractivity contribution in [3.8, 4) is 0 Å². The lowest BCUT2D eigenvalue weighted by molar-refractivity contribution is 0.278. The van der Waals surface area contributed by atoms with E-state index >= 15 is 0 Å². The molecule has 0 spiro atoms. The highest BCUT2D eigenvalue weighted by Crippen LogP contribution is 2.56. The van der Waals surface area contributed by atoms with E-state index in [0.717, 1.165) is 6.61 Å². The van der Waals surface area contributed by atoms with Gasteiger partial charge in [0.05, 0.1) is 6.16 Å². The molecule has 0 aliphatic rings. The van der Waals surface area contributed by atoms with Gasteiger partial charge in [0.25, 0.3) is 0 Å². The predicted octanol–water partition coefficient (Wildman–Crippen LogP) is 7.56. The van der Waals surface area contributed by atoms with E-state index < -0.39 is 15.6 Å². The Morgan fingerprint density at radius 1 is 0.606 bits per heavy atom. The summed E-state index contributed by atoms with van der Waals surface area (Å²) in [6, 6.07) is 33.7. The van der Waals surface area contributed by atoms with Gasteiger partial charge >= 0.3 is 0 Å². The number of benzene rings is 3. The van der Waals surface area contributed by atoms with Gasteiger partial charge in [0.1, 0.15) is 23.2 Å². The maximum Gasteiger partial charge on any atom is 0.191 e. The van der Waals surface area contributed by atoms with Gasteiger partial charge in [-0.1, -0.05) is 81.8 Å². The molecule has 3 heteroatoms. The highest BCUT2D eigenvalue weighted by atomic mass is 31.2. The molecule has 3 aromatic rings. The second-order valence-electron chi connectivity index (χ2n) is 10.6. The molecule has 1 nitrogen and oxygen atoms in total. The predicted molar refractivity (Wildman–Crippen MR) is 152 cm³/mol. The molecule has 33 heavy (non-hydrogen) atoms. The number of rotatable bonds is 11. The van der Waals surface area contributed by atoms with Crippen molar-refractivity contribution in [2.24, 2.45) is 0 Å². The first kappa shape index (κ1) is 25.9. The summed E-state index contributed by atoms with van der Waals surface area (Å²) in [5.41, 5.74) is 0. The van der Waals surface area contributed by atoms with Crippen molar-refractivity contribution >= 4 is 31.5 Å². The molecule has 0 amide bonds. The van der Waals surface area contributed by atoms with Crippen LogP contribution < -0.4 is 15.9 Å². The molecular formula is C30H42OPSi+. The fraction of sp³-hybridized carbons (Fsp3) is 0.400. The Morgan fingerprint density at radius 3 is 1.39 bits per heavy atom. The molecule has 0 saturated carbocycles. The molecule has 0 atom stereocenters. The van der Waals surface area contributed by atoms with Gasteiger partial charge in [-0.05, 0) is 73.8 Å². The molecule has 0 bridgehead atoms. The molecule has 0 unspecified atom stereocenters. The summed E-state index contributed by atoms with van der Waals surface area (Å²) < 4.78 is 6.40. The summed E-state index contributed by atoms with van der Waals surface area (Å²) in [6.07, 6.45) is 6.13. The van der Waals surface area contributed by atoms with Gasteiger partial charge in [0.2, 0.25) is 0 Å². The third-order valence-electron chi connectivity index (χ3n) is 7.25. The Kier molecular flexibility index (Phi) is 9.10. The Balaban J connectivity index is 1.73. The SMILES string of the molecule is CC(C)(C)[Si](C)(C)OCCCCCC[P+](c1ccccc1)(c1ccccc1)c1ccccc1. The lowest BCUT2D eigenvalue weighted by Gasteiger charge is -2.36. The molecule has 0 fully saturated rings. The first-order chi connectivity index (χ1) is 15.8. The normalized spacial score (nSPS) is 12.6. The Bertz CT molecular complexity index is 852. The minimum Gasteiger partial charge on any atom is -0.417 e. The molecule has 0 aromatic heterocycles. The van der Waals surface area contributed by atoms with Crippen LogP contribution in [0.25, 0.3) is 0 Å². The van der Waals surface area contributed by atoms with Crippen molar-refractivity contribution in [3.05, 3.63) is 91.0 Å². The lowest BCUT2D eigenvalue weighted by atomic mass is 10.2. The van der Waals surface area contributed by atoms with Crippen LogP contribution in [0.3, 0.4) is 0 Å². The molecule has 0 saturated heterocycles. The van der Waals surface area contributed by atoms with Crippen LogP contribution in [-0.4, -0.2) is 21.1 Å². The van der Waals surface area contributed by atoms with Crippen LogP contribution in [0.15, 0.2) is 91.0 Å². The van der Waals surface area contributed by atoms with Crippen molar-refractivity contribution in [3.63, 3.8) is 0 Å². The standard InChI is InChI=1S/C30H42OPSi/c1-30(2,3)33(4,5)31-25-17-6-7-18-26-32(27-19-11-8-12-20-27,28-21-13-9-14-22-28)29-23-15-10-16-24-29/h8-16,19-24H,6-7,17-18,25-26H2,1-5H3/q+1. The van der Waals surface area contributed by atoms with Crippen LogP contribution in [0, 0.1) is 0 Å². The Labute approximate surface area is 204 Å². The average molecular weight is 478 g/mol. The van der Waals surface area contributed by atoms with Gasteiger partial charge in [0, 0.05) is 6.61 Å². The van der Waals surface area contributed by atoms with Crippen molar-refractivity contribution in [1.29, 1.82) is 0 Å². The van der Waals surface area contributed by atoms with E-state index in [1.165, 1.54) is 47.8 Å². The maximum atomic E-state index is 6.40. The maximum absolute atomic E-state index is 6.40. The summed E-state index contributed by atoms with van der Waals surface area (Å²) in [5.74, 6) is 0. The van der Waals surface area contributed by atoms with E-state index in [-0.39, 0.29) is 5.04 Å². The van der Waals surface area contributed by atoms with Crippen LogP contribution in [-0.2, 0) is 4.43 Å². The molecule has 0 aliphatic carbocycles. The third-order valence-corrected chi connectivity index (χ3v) is 16.3. The first-order valence-electron chi connectivity index (χ1n) is 12.5. The average Bonchev–Trinajstić information content (AvgIpc) is 2.82. The number of unbranched alkanes of at least 4 members (excludes halogenated alkanes) is 3. The number of hydrogen-bond donors (Lipinski definition) is 0. The lowest BCUT2D eigenvalue weighted by Crippen LogP contribution is -2.40. The summed E-state index contributed by atoms with van der Waals surface area (Å²) in [4.78, 5) is 0. The molecule has 176 valence electrons. The van der Waals surface area contributed by atoms with Crippen molar-refractivity contribution in [1.82, 2.24) is 0 Å². The van der Waals surface area contributed by atoms with E-state index in [0.29, 0.717) is 0 Å². The van der Waals surface area contributed by atoms with Crippen LogP contribution in [0.1, 0.15) is 46.5 Å². The summed E-state index contributed by atoms with van der Waals surface area (Å²) in [5, 5.41) is 4.76. The van der Waals surface area contributed by atoms with E-state index in [9.17, 15) is 0 Å². The Hall–Kier alpha value is -1.73.